The zero-order chi connectivity index (χ0) is 15.2. The maximum Gasteiger partial charge on any atom is 0.263 e. The number of nitrogens with zero attached hydrogens (tertiary/aromatic N) is 1. The van der Waals surface area contributed by atoms with Crippen LogP contribution in [0.15, 0.2) is 6.07 Å². The molecule has 0 radical (unpaired) electrons. The maximum atomic E-state index is 12.6. The molecule has 0 saturated heterocycles. The van der Waals surface area contributed by atoms with Crippen molar-refractivity contribution < 1.29 is 9.90 Å². The molecule has 0 aliphatic heterocycles. The van der Waals surface area contributed by atoms with E-state index in [1.54, 1.807) is 0 Å². The smallest absolute Gasteiger partial charge is 0.263 e. The molecule has 21 heavy (non-hydrogen) atoms. The topological polar surface area (TPSA) is 40.5 Å². The summed E-state index contributed by atoms with van der Waals surface area (Å²) in [5, 5.41) is 8.76. The van der Waals surface area contributed by atoms with Crippen LogP contribution in [-0.2, 0) is 0 Å². The van der Waals surface area contributed by atoms with Gasteiger partial charge in [0.25, 0.3) is 5.91 Å². The van der Waals surface area contributed by atoms with Gasteiger partial charge in [-0.05, 0) is 44.2 Å². The molecule has 1 aliphatic rings. The van der Waals surface area contributed by atoms with Crippen molar-refractivity contribution in [3.63, 3.8) is 0 Å². The normalized spacial score (nSPS) is 14.2. The molecule has 0 unspecified atom stereocenters. The molecule has 1 aromatic heterocycles. The van der Waals surface area contributed by atoms with Crippen molar-refractivity contribution in [2.24, 2.45) is 5.92 Å². The predicted molar refractivity (Wildman–Crippen MR) is 86.6 cm³/mol. The average molecular weight is 305 g/mol. The van der Waals surface area contributed by atoms with Gasteiger partial charge in [-0.15, -0.1) is 11.3 Å². The first-order chi connectivity index (χ1) is 10.2. The van der Waals surface area contributed by atoms with Crippen LogP contribution < -0.4 is 0 Å². The first-order valence-corrected chi connectivity index (χ1v) is 8.46. The number of aliphatic hydroxyl groups is 1. The first-order valence-electron chi connectivity index (χ1n) is 7.65. The zero-order valence-electron chi connectivity index (χ0n) is 12.8. The van der Waals surface area contributed by atoms with E-state index in [-0.39, 0.29) is 12.5 Å². The number of aryl methyl sites for hydroxylation is 1. The van der Waals surface area contributed by atoms with E-state index < -0.39 is 0 Å². The third-order valence-electron chi connectivity index (χ3n) is 3.94. The van der Waals surface area contributed by atoms with Gasteiger partial charge in [-0.1, -0.05) is 18.3 Å². The standard InChI is InChI=1S/C17H23NO2S/c1-3-18(12-14-7-6-8-14)17(20)16-11-13(2)15(21-16)9-4-5-10-19/h11,14,19H,3,5-8,10,12H2,1-2H3. The molecule has 1 amide bonds. The molecule has 114 valence electrons. The van der Waals surface area contributed by atoms with Crippen LogP contribution in [0.3, 0.4) is 0 Å². The van der Waals surface area contributed by atoms with Crippen molar-refractivity contribution in [3.8, 4) is 11.8 Å². The molecule has 1 heterocycles. The minimum Gasteiger partial charge on any atom is -0.395 e. The molecule has 1 aliphatic carbocycles. The Morgan fingerprint density at radius 2 is 2.29 bits per heavy atom. The summed E-state index contributed by atoms with van der Waals surface area (Å²) in [6.07, 6.45) is 4.29. The van der Waals surface area contributed by atoms with Gasteiger partial charge in [-0.2, -0.15) is 0 Å². The van der Waals surface area contributed by atoms with Gasteiger partial charge in [-0.3, -0.25) is 4.79 Å². The van der Waals surface area contributed by atoms with Crippen LogP contribution in [0.2, 0.25) is 0 Å². The molecular formula is C17H23NO2S. The fourth-order valence-electron chi connectivity index (χ4n) is 2.41. The minimum absolute atomic E-state index is 0.0776. The van der Waals surface area contributed by atoms with E-state index in [2.05, 4.69) is 11.8 Å². The van der Waals surface area contributed by atoms with Gasteiger partial charge in [0.15, 0.2) is 0 Å². The number of hydrogen-bond acceptors (Lipinski definition) is 3. The number of thiophene rings is 1. The van der Waals surface area contributed by atoms with Crippen LogP contribution in [0, 0.1) is 24.7 Å². The van der Waals surface area contributed by atoms with Crippen molar-refractivity contribution >= 4 is 17.2 Å². The number of rotatable bonds is 5. The van der Waals surface area contributed by atoms with Crippen LogP contribution in [0.4, 0.5) is 0 Å². The van der Waals surface area contributed by atoms with E-state index in [4.69, 9.17) is 5.11 Å². The summed E-state index contributed by atoms with van der Waals surface area (Å²) >= 11 is 1.47. The average Bonchev–Trinajstić information content (AvgIpc) is 2.79. The number of amides is 1. The summed E-state index contributed by atoms with van der Waals surface area (Å²) in [5.41, 5.74) is 1.05. The molecule has 0 spiro atoms. The highest BCUT2D eigenvalue weighted by Gasteiger charge is 2.24. The number of carbonyl (C=O) groups excluding carboxylic acids is 1. The molecule has 1 fully saturated rings. The molecule has 0 bridgehead atoms. The SMILES string of the molecule is CCN(CC1CCC1)C(=O)c1cc(C)c(C#CCCO)s1. The Bertz CT molecular complexity index is 549. The van der Waals surface area contributed by atoms with Crippen LogP contribution >= 0.6 is 11.3 Å². The fraction of sp³-hybridized carbons (Fsp3) is 0.588. The monoisotopic (exact) mass is 305 g/mol. The molecule has 3 nitrogen and oxygen atoms in total. The summed E-state index contributed by atoms with van der Waals surface area (Å²) in [4.78, 5) is 16.3. The minimum atomic E-state index is 0.0776. The highest BCUT2D eigenvalue weighted by atomic mass is 32.1. The van der Waals surface area contributed by atoms with E-state index in [9.17, 15) is 4.79 Å². The van der Waals surface area contributed by atoms with Gasteiger partial charge in [0.1, 0.15) is 0 Å². The summed E-state index contributed by atoms with van der Waals surface area (Å²) in [5.74, 6) is 6.80. The molecule has 2 rings (SSSR count). The first kappa shape index (κ1) is 16.1. The van der Waals surface area contributed by atoms with Gasteiger partial charge >= 0.3 is 0 Å². The molecule has 0 aromatic carbocycles. The van der Waals surface area contributed by atoms with Gasteiger partial charge in [0.05, 0.1) is 16.4 Å². The lowest BCUT2D eigenvalue weighted by molar-refractivity contribution is 0.0711. The van der Waals surface area contributed by atoms with Crippen LogP contribution in [0.5, 0.6) is 0 Å². The Kier molecular flexibility index (Phi) is 5.84. The van der Waals surface area contributed by atoms with E-state index in [1.165, 1.54) is 30.6 Å². The highest BCUT2D eigenvalue weighted by Crippen LogP contribution is 2.28. The summed E-state index contributed by atoms with van der Waals surface area (Å²) in [6, 6.07) is 1.94. The number of hydrogen-bond donors (Lipinski definition) is 1. The Morgan fingerprint density at radius 1 is 1.52 bits per heavy atom. The van der Waals surface area contributed by atoms with Gasteiger partial charge in [0, 0.05) is 19.5 Å². The Morgan fingerprint density at radius 3 is 2.86 bits per heavy atom. The lowest BCUT2D eigenvalue weighted by Crippen LogP contribution is -2.36. The summed E-state index contributed by atoms with van der Waals surface area (Å²) < 4.78 is 0. The van der Waals surface area contributed by atoms with E-state index in [1.807, 2.05) is 24.8 Å². The van der Waals surface area contributed by atoms with Gasteiger partial charge in [0.2, 0.25) is 0 Å². The van der Waals surface area contributed by atoms with Gasteiger partial charge in [-0.25, -0.2) is 0 Å². The summed E-state index contributed by atoms with van der Waals surface area (Å²) in [6.45, 7) is 5.75. The molecule has 1 saturated carbocycles. The molecular weight excluding hydrogens is 282 g/mol. The maximum absolute atomic E-state index is 12.6. The lowest BCUT2D eigenvalue weighted by Gasteiger charge is -2.31. The summed E-state index contributed by atoms with van der Waals surface area (Å²) in [7, 11) is 0. The van der Waals surface area contributed by atoms with E-state index in [0.29, 0.717) is 12.3 Å². The number of carbonyl (C=O) groups is 1. The van der Waals surface area contributed by atoms with Crippen LogP contribution in [-0.4, -0.2) is 35.6 Å². The second-order valence-electron chi connectivity index (χ2n) is 5.54. The van der Waals surface area contributed by atoms with E-state index >= 15 is 0 Å². The van der Waals surface area contributed by atoms with Crippen molar-refractivity contribution in [3.05, 3.63) is 21.4 Å². The molecule has 1 N–H and O–H groups in total. The lowest BCUT2D eigenvalue weighted by atomic mass is 9.85. The molecule has 1 aromatic rings. The molecule has 4 heteroatoms. The Hall–Kier alpha value is -1.31. The molecule has 0 atom stereocenters. The van der Waals surface area contributed by atoms with Crippen molar-refractivity contribution in [1.29, 1.82) is 0 Å². The third-order valence-corrected chi connectivity index (χ3v) is 5.08. The van der Waals surface area contributed by atoms with Crippen LogP contribution in [0.25, 0.3) is 0 Å². The second kappa shape index (κ2) is 7.63. The second-order valence-corrected chi connectivity index (χ2v) is 6.59. The predicted octanol–water partition coefficient (Wildman–Crippen LogP) is 3.05. The zero-order valence-corrected chi connectivity index (χ0v) is 13.6. The Balaban J connectivity index is 2.07. The van der Waals surface area contributed by atoms with Gasteiger partial charge < -0.3 is 10.0 Å². The van der Waals surface area contributed by atoms with Crippen molar-refractivity contribution in [1.82, 2.24) is 4.90 Å². The van der Waals surface area contributed by atoms with Crippen molar-refractivity contribution in [2.75, 3.05) is 19.7 Å². The number of aliphatic hydroxyl groups excluding tert-OH is 1. The van der Waals surface area contributed by atoms with Crippen molar-refractivity contribution in [2.45, 2.75) is 39.5 Å². The van der Waals surface area contributed by atoms with Crippen LogP contribution in [0.1, 0.15) is 52.7 Å². The third kappa shape index (κ3) is 4.09. The largest absolute Gasteiger partial charge is 0.395 e. The fourth-order valence-corrected chi connectivity index (χ4v) is 3.42. The quantitative estimate of drug-likeness (QED) is 0.849. The Labute approximate surface area is 131 Å². The van der Waals surface area contributed by atoms with E-state index in [0.717, 1.165) is 28.4 Å². The highest BCUT2D eigenvalue weighted by molar-refractivity contribution is 7.14.